The standard InChI is InChI=1S/C12H20N2O2/c1-4-12-9(2)14(10(3)13-12)7-5-11(16)6-8-15/h15H,4-8H2,1-3H3. The van der Waals surface area contributed by atoms with Crippen LogP contribution in [0.2, 0.25) is 0 Å². The largest absolute Gasteiger partial charge is 0.396 e. The second-order valence-corrected chi connectivity index (χ2v) is 3.96. The molecule has 4 heteroatoms. The molecule has 0 aromatic carbocycles. The van der Waals surface area contributed by atoms with E-state index in [4.69, 9.17) is 5.11 Å². The number of hydrogen-bond acceptors (Lipinski definition) is 3. The minimum absolute atomic E-state index is 0.0546. The van der Waals surface area contributed by atoms with Crippen molar-refractivity contribution in [1.29, 1.82) is 0 Å². The molecule has 4 nitrogen and oxygen atoms in total. The summed E-state index contributed by atoms with van der Waals surface area (Å²) in [5.41, 5.74) is 2.25. The van der Waals surface area contributed by atoms with Crippen LogP contribution in [-0.4, -0.2) is 27.0 Å². The summed E-state index contributed by atoms with van der Waals surface area (Å²) in [7, 11) is 0. The normalized spacial score (nSPS) is 10.8. The molecule has 0 aliphatic rings. The molecule has 16 heavy (non-hydrogen) atoms. The molecule has 0 atom stereocenters. The Kier molecular flexibility index (Phi) is 4.68. The van der Waals surface area contributed by atoms with Crippen LogP contribution >= 0.6 is 0 Å². The van der Waals surface area contributed by atoms with Crippen LogP contribution in [0.15, 0.2) is 0 Å². The molecule has 1 rings (SSSR count). The Morgan fingerprint density at radius 1 is 1.38 bits per heavy atom. The van der Waals surface area contributed by atoms with Crippen LogP contribution < -0.4 is 0 Å². The number of aliphatic hydroxyl groups excluding tert-OH is 1. The molecule has 0 fully saturated rings. The van der Waals surface area contributed by atoms with Crippen molar-refractivity contribution >= 4 is 5.78 Å². The second kappa shape index (κ2) is 5.80. The fourth-order valence-corrected chi connectivity index (χ4v) is 1.89. The Labute approximate surface area is 96.3 Å². The summed E-state index contributed by atoms with van der Waals surface area (Å²) in [6.07, 6.45) is 1.65. The first-order valence-electron chi connectivity index (χ1n) is 5.75. The van der Waals surface area contributed by atoms with Crippen molar-refractivity contribution in [3.63, 3.8) is 0 Å². The third-order valence-corrected chi connectivity index (χ3v) is 2.85. The first-order valence-corrected chi connectivity index (χ1v) is 5.75. The number of Topliss-reactive ketones (excluding diaryl/α,β-unsaturated/α-hetero) is 1. The highest BCUT2D eigenvalue weighted by Gasteiger charge is 2.10. The molecule has 1 N–H and O–H groups in total. The average Bonchev–Trinajstić information content (AvgIpc) is 2.52. The first-order chi connectivity index (χ1) is 7.60. The number of aliphatic hydroxyl groups is 1. The van der Waals surface area contributed by atoms with Crippen LogP contribution in [0.4, 0.5) is 0 Å². The van der Waals surface area contributed by atoms with Gasteiger partial charge in [-0.25, -0.2) is 4.98 Å². The average molecular weight is 224 g/mol. The van der Waals surface area contributed by atoms with Gasteiger partial charge in [-0.2, -0.15) is 0 Å². The van der Waals surface area contributed by atoms with E-state index in [0.717, 1.165) is 23.6 Å². The maximum Gasteiger partial charge on any atom is 0.136 e. The highest BCUT2D eigenvalue weighted by Crippen LogP contribution is 2.12. The van der Waals surface area contributed by atoms with E-state index in [1.54, 1.807) is 0 Å². The van der Waals surface area contributed by atoms with Crippen molar-refractivity contribution in [2.45, 2.75) is 46.6 Å². The van der Waals surface area contributed by atoms with E-state index in [9.17, 15) is 4.79 Å². The van der Waals surface area contributed by atoms with Gasteiger partial charge in [-0.1, -0.05) is 6.92 Å². The van der Waals surface area contributed by atoms with Crippen molar-refractivity contribution in [2.75, 3.05) is 6.61 Å². The number of nitrogens with zero attached hydrogens (tertiary/aromatic N) is 2. The first kappa shape index (κ1) is 12.9. The van der Waals surface area contributed by atoms with Crippen LogP contribution in [0.3, 0.4) is 0 Å². The van der Waals surface area contributed by atoms with Gasteiger partial charge in [-0.15, -0.1) is 0 Å². The molecular weight excluding hydrogens is 204 g/mol. The summed E-state index contributed by atoms with van der Waals surface area (Å²) in [5.74, 6) is 1.07. The second-order valence-electron chi connectivity index (χ2n) is 3.96. The van der Waals surface area contributed by atoms with Crippen LogP contribution in [0, 0.1) is 13.8 Å². The van der Waals surface area contributed by atoms with E-state index in [1.165, 1.54) is 0 Å². The van der Waals surface area contributed by atoms with Gasteiger partial charge in [0.25, 0.3) is 0 Å². The SMILES string of the molecule is CCc1nc(C)n(CCC(=O)CCO)c1C. The van der Waals surface area contributed by atoms with Gasteiger partial charge in [0.2, 0.25) is 0 Å². The van der Waals surface area contributed by atoms with E-state index < -0.39 is 0 Å². The molecule has 1 aromatic rings. The molecule has 0 aliphatic carbocycles. The molecule has 0 bridgehead atoms. The van der Waals surface area contributed by atoms with Crippen molar-refractivity contribution in [3.05, 3.63) is 17.2 Å². The molecule has 0 radical (unpaired) electrons. The predicted molar refractivity (Wildman–Crippen MR) is 62.4 cm³/mol. The Bertz CT molecular complexity index is 369. The lowest BCUT2D eigenvalue weighted by Gasteiger charge is -2.07. The van der Waals surface area contributed by atoms with Gasteiger partial charge in [-0.05, 0) is 20.3 Å². The third-order valence-electron chi connectivity index (χ3n) is 2.85. The molecule has 0 amide bonds. The van der Waals surface area contributed by atoms with Crippen molar-refractivity contribution in [3.8, 4) is 0 Å². The number of aryl methyl sites for hydroxylation is 2. The predicted octanol–water partition coefficient (Wildman–Crippen LogP) is 1.40. The highest BCUT2D eigenvalue weighted by atomic mass is 16.3. The van der Waals surface area contributed by atoms with Gasteiger partial charge in [0.1, 0.15) is 11.6 Å². The topological polar surface area (TPSA) is 55.1 Å². The fraction of sp³-hybridized carbons (Fsp3) is 0.667. The van der Waals surface area contributed by atoms with Crippen molar-refractivity contribution in [2.24, 2.45) is 0 Å². The van der Waals surface area contributed by atoms with Gasteiger partial charge < -0.3 is 9.67 Å². The third kappa shape index (κ3) is 2.92. The van der Waals surface area contributed by atoms with E-state index >= 15 is 0 Å². The van der Waals surface area contributed by atoms with Gasteiger partial charge in [0.15, 0.2) is 0 Å². The van der Waals surface area contributed by atoms with Gasteiger partial charge in [0.05, 0.1) is 5.69 Å². The molecule has 0 saturated carbocycles. The van der Waals surface area contributed by atoms with Crippen LogP contribution in [0.25, 0.3) is 0 Å². The number of rotatable bonds is 6. The minimum Gasteiger partial charge on any atom is -0.396 e. The zero-order chi connectivity index (χ0) is 12.1. The molecule has 0 aliphatic heterocycles. The van der Waals surface area contributed by atoms with E-state index in [0.29, 0.717) is 13.0 Å². The zero-order valence-corrected chi connectivity index (χ0v) is 10.3. The summed E-state index contributed by atoms with van der Waals surface area (Å²) >= 11 is 0. The summed E-state index contributed by atoms with van der Waals surface area (Å²) in [6, 6.07) is 0. The highest BCUT2D eigenvalue weighted by molar-refractivity contribution is 5.78. The minimum atomic E-state index is -0.0546. The summed E-state index contributed by atoms with van der Waals surface area (Å²) in [5, 5.41) is 8.65. The Hall–Kier alpha value is -1.16. The molecule has 0 saturated heterocycles. The lowest BCUT2D eigenvalue weighted by molar-refractivity contribution is -0.119. The molecule has 0 spiro atoms. The Morgan fingerprint density at radius 2 is 2.06 bits per heavy atom. The van der Waals surface area contributed by atoms with Gasteiger partial charge in [0, 0.05) is 31.7 Å². The van der Waals surface area contributed by atoms with Crippen LogP contribution in [-0.2, 0) is 17.8 Å². The van der Waals surface area contributed by atoms with Crippen LogP contribution in [0.5, 0.6) is 0 Å². The number of carbonyl (C=O) groups is 1. The molecule has 1 aromatic heterocycles. The number of ketones is 1. The molecule has 90 valence electrons. The maximum absolute atomic E-state index is 11.3. The number of imidazole rings is 1. The summed E-state index contributed by atoms with van der Waals surface area (Å²) in [6.45, 7) is 6.69. The monoisotopic (exact) mass is 224 g/mol. The number of carbonyl (C=O) groups excluding carboxylic acids is 1. The quantitative estimate of drug-likeness (QED) is 0.794. The van der Waals surface area contributed by atoms with Crippen LogP contribution in [0.1, 0.15) is 37.0 Å². The molecule has 0 unspecified atom stereocenters. The van der Waals surface area contributed by atoms with Crippen molar-refractivity contribution in [1.82, 2.24) is 9.55 Å². The Morgan fingerprint density at radius 3 is 2.56 bits per heavy atom. The summed E-state index contributed by atoms with van der Waals surface area (Å²) < 4.78 is 2.08. The zero-order valence-electron chi connectivity index (χ0n) is 10.3. The summed E-state index contributed by atoms with van der Waals surface area (Å²) in [4.78, 5) is 15.8. The lowest BCUT2D eigenvalue weighted by Crippen LogP contribution is -2.09. The Balaban J connectivity index is 2.66. The van der Waals surface area contributed by atoms with E-state index in [2.05, 4.69) is 16.5 Å². The smallest absolute Gasteiger partial charge is 0.136 e. The van der Waals surface area contributed by atoms with Gasteiger partial charge in [-0.3, -0.25) is 4.79 Å². The van der Waals surface area contributed by atoms with E-state index in [1.807, 2.05) is 13.8 Å². The fourth-order valence-electron chi connectivity index (χ4n) is 1.89. The molecule has 1 heterocycles. The molecular formula is C12H20N2O2. The maximum atomic E-state index is 11.3. The number of hydrogen-bond donors (Lipinski definition) is 1. The van der Waals surface area contributed by atoms with E-state index in [-0.39, 0.29) is 18.8 Å². The van der Waals surface area contributed by atoms with Crippen molar-refractivity contribution < 1.29 is 9.90 Å². The number of aromatic nitrogens is 2. The van der Waals surface area contributed by atoms with Gasteiger partial charge >= 0.3 is 0 Å². The lowest BCUT2D eigenvalue weighted by atomic mass is 10.2.